The van der Waals surface area contributed by atoms with Crippen molar-refractivity contribution in [1.29, 1.82) is 0 Å². The number of benzene rings is 1. The molecule has 0 aliphatic heterocycles. The molecule has 106 valence electrons. The molecular weight excluding hydrogens is 291 g/mol. The average Bonchev–Trinajstić information content (AvgIpc) is 2.48. The first-order valence-electron chi connectivity index (χ1n) is 6.51. The second kappa shape index (κ2) is 5.61. The highest BCUT2D eigenvalue weighted by Crippen LogP contribution is 2.25. The third kappa shape index (κ3) is 2.78. The third-order valence-electron chi connectivity index (χ3n) is 3.00. The van der Waals surface area contributed by atoms with E-state index in [0.29, 0.717) is 23.4 Å². The summed E-state index contributed by atoms with van der Waals surface area (Å²) in [7, 11) is 0. The monoisotopic (exact) mass is 302 g/mol. The molecule has 1 aromatic carbocycles. The normalized spacial score (nSPS) is 10.8. The van der Waals surface area contributed by atoms with Gasteiger partial charge in [-0.05, 0) is 54.9 Å². The predicted octanol–water partition coefficient (Wildman–Crippen LogP) is 3.92. The fourth-order valence-electron chi connectivity index (χ4n) is 2.06. The minimum atomic E-state index is -0.275. The van der Waals surface area contributed by atoms with E-state index in [1.54, 1.807) is 12.1 Å². The lowest BCUT2D eigenvalue weighted by molar-refractivity contribution is 0.628. The van der Waals surface area contributed by atoms with Gasteiger partial charge in [-0.15, -0.1) is 0 Å². The van der Waals surface area contributed by atoms with Gasteiger partial charge < -0.3 is 5.32 Å². The van der Waals surface area contributed by atoms with Crippen molar-refractivity contribution in [2.45, 2.75) is 6.92 Å². The number of aromatic nitrogens is 3. The molecule has 2 heterocycles. The van der Waals surface area contributed by atoms with Crippen LogP contribution in [0.15, 0.2) is 36.4 Å². The molecule has 3 aromatic rings. The molecule has 2 aromatic heterocycles. The molecule has 0 bridgehead atoms. The third-order valence-corrected chi connectivity index (χ3v) is 3.17. The molecule has 0 radical (unpaired) electrons. The summed E-state index contributed by atoms with van der Waals surface area (Å²) in [6.45, 7) is 2.66. The van der Waals surface area contributed by atoms with Gasteiger partial charge in [0.15, 0.2) is 5.82 Å². The smallest absolute Gasteiger partial charge is 0.225 e. The zero-order valence-electron chi connectivity index (χ0n) is 11.3. The van der Waals surface area contributed by atoms with Gasteiger partial charge in [-0.1, -0.05) is 0 Å². The molecule has 0 atom stereocenters. The Morgan fingerprint density at radius 1 is 1.05 bits per heavy atom. The molecule has 0 fully saturated rings. The molecule has 0 aliphatic carbocycles. The van der Waals surface area contributed by atoms with Crippen molar-refractivity contribution < 1.29 is 4.39 Å². The summed E-state index contributed by atoms with van der Waals surface area (Å²) < 4.78 is 13.0. The number of halogens is 2. The molecule has 3 rings (SSSR count). The lowest BCUT2D eigenvalue weighted by atomic mass is 10.1. The van der Waals surface area contributed by atoms with Gasteiger partial charge in [-0.2, -0.15) is 4.98 Å². The van der Waals surface area contributed by atoms with Crippen LogP contribution in [0.4, 0.5) is 10.2 Å². The van der Waals surface area contributed by atoms with Gasteiger partial charge in [-0.3, -0.25) is 0 Å². The number of rotatable bonds is 3. The standard InChI is InChI=1S/C15H12ClFN4/c1-2-18-14-13-12(20-15(16)21-14)8-7-11(19-13)9-3-5-10(17)6-4-9/h3-8H,2H2,1H3,(H,18,20,21). The molecule has 0 saturated heterocycles. The minimum Gasteiger partial charge on any atom is -0.368 e. The summed E-state index contributed by atoms with van der Waals surface area (Å²) in [5, 5.41) is 3.30. The van der Waals surface area contributed by atoms with Crippen molar-refractivity contribution in [2.24, 2.45) is 0 Å². The van der Waals surface area contributed by atoms with E-state index in [0.717, 1.165) is 11.3 Å². The SMILES string of the molecule is CCNc1nc(Cl)nc2ccc(-c3ccc(F)cc3)nc12. The Morgan fingerprint density at radius 3 is 2.52 bits per heavy atom. The average molecular weight is 303 g/mol. The lowest BCUT2D eigenvalue weighted by Gasteiger charge is -2.08. The quantitative estimate of drug-likeness (QED) is 0.745. The highest BCUT2D eigenvalue weighted by atomic mass is 35.5. The van der Waals surface area contributed by atoms with Gasteiger partial charge in [0.25, 0.3) is 0 Å². The molecule has 6 heteroatoms. The Labute approximate surface area is 126 Å². The van der Waals surface area contributed by atoms with Crippen molar-refractivity contribution in [3.63, 3.8) is 0 Å². The van der Waals surface area contributed by atoms with Gasteiger partial charge >= 0.3 is 0 Å². The number of hydrogen-bond donors (Lipinski definition) is 1. The van der Waals surface area contributed by atoms with Gasteiger partial charge in [-0.25, -0.2) is 14.4 Å². The Kier molecular flexibility index (Phi) is 3.66. The largest absolute Gasteiger partial charge is 0.368 e. The van der Waals surface area contributed by atoms with Crippen LogP contribution in [0, 0.1) is 5.82 Å². The van der Waals surface area contributed by atoms with E-state index < -0.39 is 0 Å². The second-order valence-electron chi connectivity index (χ2n) is 4.44. The summed E-state index contributed by atoms with van der Waals surface area (Å²) in [5.74, 6) is 0.319. The van der Waals surface area contributed by atoms with E-state index in [1.165, 1.54) is 12.1 Å². The van der Waals surface area contributed by atoms with Crippen LogP contribution >= 0.6 is 11.6 Å². The highest BCUT2D eigenvalue weighted by Gasteiger charge is 2.09. The van der Waals surface area contributed by atoms with Crippen molar-refractivity contribution in [1.82, 2.24) is 15.0 Å². The predicted molar refractivity (Wildman–Crippen MR) is 81.9 cm³/mol. The number of nitrogens with one attached hydrogen (secondary N) is 1. The summed E-state index contributed by atoms with van der Waals surface area (Å²) in [6, 6.07) is 9.85. The maximum Gasteiger partial charge on any atom is 0.225 e. The first kappa shape index (κ1) is 13.7. The van der Waals surface area contributed by atoms with Crippen LogP contribution in [0.5, 0.6) is 0 Å². The first-order chi connectivity index (χ1) is 10.2. The zero-order chi connectivity index (χ0) is 14.8. The van der Waals surface area contributed by atoms with Crippen molar-refractivity contribution in [3.05, 3.63) is 47.5 Å². The molecule has 0 unspecified atom stereocenters. The van der Waals surface area contributed by atoms with E-state index >= 15 is 0 Å². The molecule has 4 nitrogen and oxygen atoms in total. The van der Waals surface area contributed by atoms with Gasteiger partial charge in [0.2, 0.25) is 5.28 Å². The highest BCUT2D eigenvalue weighted by molar-refractivity contribution is 6.28. The molecular formula is C15H12ClFN4. The Balaban J connectivity index is 2.16. The Morgan fingerprint density at radius 2 is 1.81 bits per heavy atom. The summed E-state index contributed by atoms with van der Waals surface area (Å²) in [4.78, 5) is 12.9. The van der Waals surface area contributed by atoms with Crippen LogP contribution < -0.4 is 5.32 Å². The van der Waals surface area contributed by atoms with Crippen LogP contribution in [0.25, 0.3) is 22.3 Å². The maximum atomic E-state index is 13.0. The maximum absolute atomic E-state index is 13.0. The van der Waals surface area contributed by atoms with E-state index in [4.69, 9.17) is 11.6 Å². The van der Waals surface area contributed by atoms with Crippen molar-refractivity contribution in [2.75, 3.05) is 11.9 Å². The van der Waals surface area contributed by atoms with Crippen molar-refractivity contribution >= 4 is 28.5 Å². The van der Waals surface area contributed by atoms with E-state index in [-0.39, 0.29) is 11.1 Å². The summed E-state index contributed by atoms with van der Waals surface area (Å²) >= 11 is 5.90. The van der Waals surface area contributed by atoms with E-state index in [1.807, 2.05) is 19.1 Å². The fourth-order valence-corrected chi connectivity index (χ4v) is 2.23. The van der Waals surface area contributed by atoms with E-state index in [9.17, 15) is 4.39 Å². The lowest BCUT2D eigenvalue weighted by Crippen LogP contribution is -2.03. The summed E-state index contributed by atoms with van der Waals surface area (Å²) in [6.07, 6.45) is 0. The van der Waals surface area contributed by atoms with Gasteiger partial charge in [0.05, 0.1) is 11.2 Å². The number of anilines is 1. The van der Waals surface area contributed by atoms with Crippen LogP contribution in [0.2, 0.25) is 5.28 Å². The Hall–Kier alpha value is -2.27. The summed E-state index contributed by atoms with van der Waals surface area (Å²) in [5.41, 5.74) is 2.86. The zero-order valence-corrected chi connectivity index (χ0v) is 12.0. The van der Waals surface area contributed by atoms with E-state index in [2.05, 4.69) is 20.3 Å². The Bertz CT molecular complexity index is 790. The second-order valence-corrected chi connectivity index (χ2v) is 4.78. The van der Waals surface area contributed by atoms with Crippen LogP contribution in [0.1, 0.15) is 6.92 Å². The fraction of sp³-hybridized carbons (Fsp3) is 0.133. The number of pyridine rings is 1. The molecule has 0 spiro atoms. The van der Waals surface area contributed by atoms with Crippen LogP contribution in [-0.4, -0.2) is 21.5 Å². The molecule has 0 saturated carbocycles. The minimum absolute atomic E-state index is 0.176. The molecule has 0 aliphatic rings. The molecule has 0 amide bonds. The molecule has 1 N–H and O–H groups in total. The number of fused-ring (bicyclic) bond motifs is 1. The first-order valence-corrected chi connectivity index (χ1v) is 6.89. The van der Waals surface area contributed by atoms with Gasteiger partial charge in [0.1, 0.15) is 11.3 Å². The number of nitrogens with zero attached hydrogens (tertiary/aromatic N) is 3. The number of hydrogen-bond acceptors (Lipinski definition) is 4. The topological polar surface area (TPSA) is 50.7 Å². The molecule has 21 heavy (non-hydrogen) atoms. The van der Waals surface area contributed by atoms with Crippen molar-refractivity contribution in [3.8, 4) is 11.3 Å². The van der Waals surface area contributed by atoms with Crippen LogP contribution in [-0.2, 0) is 0 Å². The van der Waals surface area contributed by atoms with Gasteiger partial charge in [0, 0.05) is 12.1 Å². The van der Waals surface area contributed by atoms with Crippen LogP contribution in [0.3, 0.4) is 0 Å².